The van der Waals surface area contributed by atoms with E-state index in [1.165, 1.54) is 0 Å². The van der Waals surface area contributed by atoms with Crippen LogP contribution in [0.3, 0.4) is 0 Å². The number of H-pyrrole nitrogens is 1. The number of aromatic nitrogens is 2. The highest BCUT2D eigenvalue weighted by Gasteiger charge is 2.07. The molecule has 2 N–H and O–H groups in total. The van der Waals surface area contributed by atoms with Crippen molar-refractivity contribution in [1.29, 1.82) is 0 Å². The molecular weight excluding hydrogens is 309 g/mol. The van der Waals surface area contributed by atoms with Gasteiger partial charge in [0.15, 0.2) is 0 Å². The quantitative estimate of drug-likeness (QED) is 0.771. The molecule has 0 bridgehead atoms. The number of benzene rings is 2. The largest absolute Gasteiger partial charge is 0.345 e. The highest BCUT2D eigenvalue weighted by atomic mass is 35.5. The number of nitrogens with zero attached hydrogens (tertiary/aromatic N) is 1. The van der Waals surface area contributed by atoms with E-state index in [4.69, 9.17) is 23.2 Å². The van der Waals surface area contributed by atoms with E-state index in [1.54, 1.807) is 36.4 Å². The van der Waals surface area contributed by atoms with Crippen LogP contribution in [-0.4, -0.2) is 15.9 Å². The molecule has 0 saturated carbocycles. The van der Waals surface area contributed by atoms with Crippen molar-refractivity contribution in [2.24, 2.45) is 0 Å². The van der Waals surface area contributed by atoms with Gasteiger partial charge in [0.25, 0.3) is 5.91 Å². The molecule has 2 aromatic carbocycles. The Bertz CT molecular complexity index is 796. The molecule has 0 spiro atoms. The van der Waals surface area contributed by atoms with Gasteiger partial charge in [-0.15, -0.1) is 0 Å². The van der Waals surface area contributed by atoms with Gasteiger partial charge in [0, 0.05) is 15.6 Å². The minimum Gasteiger partial charge on any atom is -0.345 e. The van der Waals surface area contributed by atoms with Crippen molar-refractivity contribution in [1.82, 2.24) is 15.3 Å². The molecule has 1 aromatic heterocycles. The number of carbonyl (C=O) groups excluding carboxylic acids is 1. The normalized spacial score (nSPS) is 10.8. The van der Waals surface area contributed by atoms with Crippen LogP contribution in [0.15, 0.2) is 42.5 Å². The van der Waals surface area contributed by atoms with Crippen LogP contribution in [0.4, 0.5) is 0 Å². The van der Waals surface area contributed by atoms with Gasteiger partial charge in [0.2, 0.25) is 0 Å². The summed E-state index contributed by atoms with van der Waals surface area (Å²) in [6.07, 6.45) is 0. The predicted molar refractivity (Wildman–Crippen MR) is 83.7 cm³/mol. The second-order valence-electron chi connectivity index (χ2n) is 4.53. The van der Waals surface area contributed by atoms with Gasteiger partial charge in [-0.1, -0.05) is 23.2 Å². The lowest BCUT2D eigenvalue weighted by atomic mass is 10.2. The van der Waals surface area contributed by atoms with E-state index < -0.39 is 0 Å². The summed E-state index contributed by atoms with van der Waals surface area (Å²) in [5.74, 6) is 0.500. The van der Waals surface area contributed by atoms with Crippen LogP contribution in [0.5, 0.6) is 0 Å². The van der Waals surface area contributed by atoms with Crippen LogP contribution in [0.25, 0.3) is 11.0 Å². The van der Waals surface area contributed by atoms with Crippen LogP contribution in [-0.2, 0) is 6.54 Å². The molecule has 0 unspecified atom stereocenters. The van der Waals surface area contributed by atoms with Crippen molar-refractivity contribution in [3.63, 3.8) is 0 Å². The highest BCUT2D eigenvalue weighted by molar-refractivity contribution is 6.31. The first-order valence-electron chi connectivity index (χ1n) is 6.30. The number of imidazole rings is 1. The highest BCUT2D eigenvalue weighted by Crippen LogP contribution is 2.17. The van der Waals surface area contributed by atoms with Crippen LogP contribution >= 0.6 is 23.2 Å². The second kappa shape index (κ2) is 5.76. The minimum absolute atomic E-state index is 0.176. The Kier molecular flexibility index (Phi) is 3.82. The first kappa shape index (κ1) is 13.9. The van der Waals surface area contributed by atoms with Gasteiger partial charge < -0.3 is 10.3 Å². The molecule has 0 radical (unpaired) electrons. The number of amides is 1. The van der Waals surface area contributed by atoms with Gasteiger partial charge in [-0.3, -0.25) is 4.79 Å². The van der Waals surface area contributed by atoms with E-state index in [9.17, 15) is 4.79 Å². The fraction of sp³-hybridized carbons (Fsp3) is 0.0667. The van der Waals surface area contributed by atoms with Crippen molar-refractivity contribution in [2.45, 2.75) is 6.54 Å². The summed E-state index contributed by atoms with van der Waals surface area (Å²) in [7, 11) is 0. The minimum atomic E-state index is -0.176. The lowest BCUT2D eigenvalue weighted by molar-refractivity contribution is 0.0950. The zero-order valence-corrected chi connectivity index (χ0v) is 12.4. The third-order valence-electron chi connectivity index (χ3n) is 3.02. The van der Waals surface area contributed by atoms with Crippen LogP contribution in [0.1, 0.15) is 16.2 Å². The standard InChI is InChI=1S/C15H11Cl2N3O/c16-10-3-1-9(2-4-10)15(21)18-8-14-19-12-6-5-11(17)7-13(12)20-14/h1-7H,8H2,(H,18,21)(H,19,20). The van der Waals surface area contributed by atoms with Crippen molar-refractivity contribution < 1.29 is 4.79 Å². The maximum Gasteiger partial charge on any atom is 0.251 e. The number of hydrogen-bond donors (Lipinski definition) is 2. The summed E-state index contributed by atoms with van der Waals surface area (Å²) in [4.78, 5) is 19.5. The summed E-state index contributed by atoms with van der Waals surface area (Å²) in [6.45, 7) is 0.313. The van der Waals surface area contributed by atoms with Crippen molar-refractivity contribution in [2.75, 3.05) is 0 Å². The van der Waals surface area contributed by atoms with Gasteiger partial charge in [0.05, 0.1) is 17.6 Å². The summed E-state index contributed by atoms with van der Waals surface area (Å²) in [5, 5.41) is 4.04. The lowest BCUT2D eigenvalue weighted by Crippen LogP contribution is -2.23. The molecule has 1 amide bonds. The first-order chi connectivity index (χ1) is 10.1. The molecule has 4 nitrogen and oxygen atoms in total. The Morgan fingerprint density at radius 1 is 1.10 bits per heavy atom. The van der Waals surface area contributed by atoms with Crippen molar-refractivity contribution in [3.05, 3.63) is 63.9 Å². The van der Waals surface area contributed by atoms with E-state index in [1.807, 2.05) is 6.07 Å². The molecule has 3 rings (SSSR count). The third kappa shape index (κ3) is 3.17. The van der Waals surface area contributed by atoms with Crippen molar-refractivity contribution >= 4 is 40.1 Å². The number of halogens is 2. The van der Waals surface area contributed by atoms with Crippen LogP contribution in [0, 0.1) is 0 Å². The molecule has 0 aliphatic heterocycles. The molecule has 0 atom stereocenters. The molecule has 0 aliphatic rings. The molecule has 21 heavy (non-hydrogen) atoms. The van der Waals surface area contributed by atoms with E-state index in [0.29, 0.717) is 28.0 Å². The zero-order chi connectivity index (χ0) is 14.8. The molecule has 3 aromatic rings. The number of hydrogen-bond acceptors (Lipinski definition) is 2. The van der Waals surface area contributed by atoms with Gasteiger partial charge in [0.1, 0.15) is 5.82 Å². The number of carbonyl (C=O) groups is 1. The maximum atomic E-state index is 12.0. The Morgan fingerprint density at radius 3 is 2.57 bits per heavy atom. The summed E-state index contributed by atoms with van der Waals surface area (Å²) >= 11 is 11.7. The smallest absolute Gasteiger partial charge is 0.251 e. The maximum absolute atomic E-state index is 12.0. The monoisotopic (exact) mass is 319 g/mol. The first-order valence-corrected chi connectivity index (χ1v) is 7.05. The van der Waals surface area contributed by atoms with E-state index in [-0.39, 0.29) is 5.91 Å². The second-order valence-corrected chi connectivity index (χ2v) is 5.41. The zero-order valence-electron chi connectivity index (χ0n) is 10.9. The molecule has 0 saturated heterocycles. The third-order valence-corrected chi connectivity index (χ3v) is 3.50. The van der Waals surface area contributed by atoms with Crippen LogP contribution < -0.4 is 5.32 Å². The Hall–Kier alpha value is -2.04. The average molecular weight is 320 g/mol. The number of nitrogens with one attached hydrogen (secondary N) is 2. The average Bonchev–Trinajstić information content (AvgIpc) is 2.87. The number of rotatable bonds is 3. The SMILES string of the molecule is O=C(NCc1nc2ccc(Cl)cc2[nH]1)c1ccc(Cl)cc1. The molecule has 106 valence electrons. The van der Waals surface area contributed by atoms with Gasteiger partial charge in [-0.05, 0) is 42.5 Å². The Balaban J connectivity index is 1.71. The van der Waals surface area contributed by atoms with Gasteiger partial charge in [-0.2, -0.15) is 0 Å². The fourth-order valence-corrected chi connectivity index (χ4v) is 2.28. The van der Waals surface area contributed by atoms with E-state index in [2.05, 4.69) is 15.3 Å². The molecule has 0 aliphatic carbocycles. The lowest BCUT2D eigenvalue weighted by Gasteiger charge is -2.03. The van der Waals surface area contributed by atoms with Crippen LogP contribution in [0.2, 0.25) is 10.0 Å². The van der Waals surface area contributed by atoms with E-state index in [0.717, 1.165) is 11.0 Å². The topological polar surface area (TPSA) is 57.8 Å². The predicted octanol–water partition coefficient (Wildman–Crippen LogP) is 3.80. The Labute approximate surface area is 131 Å². The van der Waals surface area contributed by atoms with Gasteiger partial charge >= 0.3 is 0 Å². The summed E-state index contributed by atoms with van der Waals surface area (Å²) in [6, 6.07) is 12.1. The molecule has 0 fully saturated rings. The molecule has 1 heterocycles. The Morgan fingerprint density at radius 2 is 1.81 bits per heavy atom. The summed E-state index contributed by atoms with van der Waals surface area (Å²) in [5.41, 5.74) is 2.21. The van der Waals surface area contributed by atoms with Gasteiger partial charge in [-0.25, -0.2) is 4.98 Å². The fourth-order valence-electron chi connectivity index (χ4n) is 1.99. The number of aromatic amines is 1. The van der Waals surface area contributed by atoms with E-state index >= 15 is 0 Å². The molecular formula is C15H11Cl2N3O. The van der Waals surface area contributed by atoms with Crippen molar-refractivity contribution in [3.8, 4) is 0 Å². The summed E-state index contributed by atoms with van der Waals surface area (Å²) < 4.78 is 0. The number of fused-ring (bicyclic) bond motifs is 1. The molecule has 6 heteroatoms.